The molecule has 1 saturated heterocycles. The Morgan fingerprint density at radius 3 is 3.06 bits per heavy atom. The quantitative estimate of drug-likeness (QED) is 0.830. The Kier molecular flexibility index (Phi) is 3.15. The van der Waals surface area contributed by atoms with Gasteiger partial charge in [0.15, 0.2) is 0 Å². The fourth-order valence-corrected chi connectivity index (χ4v) is 2.65. The van der Waals surface area contributed by atoms with Gasteiger partial charge >= 0.3 is 6.03 Å². The van der Waals surface area contributed by atoms with Crippen molar-refractivity contribution >= 4 is 11.7 Å². The predicted molar refractivity (Wildman–Crippen MR) is 69.3 cm³/mol. The average molecular weight is 246 g/mol. The summed E-state index contributed by atoms with van der Waals surface area (Å²) in [5.41, 5.74) is 1.81. The fourth-order valence-electron chi connectivity index (χ4n) is 2.65. The van der Waals surface area contributed by atoms with Crippen LogP contribution < -0.4 is 10.6 Å². The first kappa shape index (κ1) is 11.5. The Bertz CT molecular complexity index is 442. The summed E-state index contributed by atoms with van der Waals surface area (Å²) >= 11 is 0. The number of rotatable bonds is 2. The summed E-state index contributed by atoms with van der Waals surface area (Å²) in [7, 11) is 0. The number of nitrogens with zero attached hydrogens (tertiary/aromatic N) is 2. The molecule has 0 aromatic carbocycles. The molecule has 0 bridgehead atoms. The molecule has 2 aliphatic heterocycles. The number of carbonyl (C=O) groups excluding carboxylic acids is 1. The first-order valence-electron chi connectivity index (χ1n) is 6.53. The van der Waals surface area contributed by atoms with Crippen molar-refractivity contribution in [3.63, 3.8) is 0 Å². The lowest BCUT2D eigenvalue weighted by atomic mass is 9.97. The zero-order valence-electron chi connectivity index (χ0n) is 10.4. The molecule has 0 radical (unpaired) electrons. The van der Waals surface area contributed by atoms with Gasteiger partial charge in [0.1, 0.15) is 0 Å². The van der Waals surface area contributed by atoms with Crippen LogP contribution in [-0.2, 0) is 6.54 Å². The normalized spacial score (nSPS) is 20.4. The largest absolute Gasteiger partial charge is 0.322 e. The molecule has 0 unspecified atom stereocenters. The van der Waals surface area contributed by atoms with Crippen LogP contribution in [0.4, 0.5) is 10.5 Å². The second-order valence-corrected chi connectivity index (χ2v) is 5.00. The Morgan fingerprint density at radius 2 is 2.22 bits per heavy atom. The Labute approximate surface area is 107 Å². The van der Waals surface area contributed by atoms with E-state index in [2.05, 4.69) is 15.6 Å². The Hall–Kier alpha value is -1.62. The van der Waals surface area contributed by atoms with Crippen molar-refractivity contribution in [2.45, 2.75) is 19.4 Å². The Balaban J connectivity index is 1.68. The van der Waals surface area contributed by atoms with E-state index in [4.69, 9.17) is 0 Å². The number of urea groups is 1. The number of amides is 2. The van der Waals surface area contributed by atoms with E-state index in [1.54, 1.807) is 6.20 Å². The third kappa shape index (κ3) is 2.31. The van der Waals surface area contributed by atoms with Crippen LogP contribution in [0.15, 0.2) is 18.3 Å². The summed E-state index contributed by atoms with van der Waals surface area (Å²) in [6.45, 7) is 3.60. The highest BCUT2D eigenvalue weighted by atomic mass is 16.2. The van der Waals surface area contributed by atoms with Crippen molar-refractivity contribution in [2.24, 2.45) is 5.92 Å². The SMILES string of the molecule is O=C1Nc2cccnc2CN1CC1CCNCC1. The van der Waals surface area contributed by atoms with Gasteiger partial charge in [0.25, 0.3) is 0 Å². The van der Waals surface area contributed by atoms with E-state index in [-0.39, 0.29) is 6.03 Å². The molecule has 96 valence electrons. The van der Waals surface area contributed by atoms with Crippen LogP contribution in [0.25, 0.3) is 0 Å². The topological polar surface area (TPSA) is 57.3 Å². The molecule has 5 nitrogen and oxygen atoms in total. The van der Waals surface area contributed by atoms with Crippen molar-refractivity contribution < 1.29 is 4.79 Å². The van der Waals surface area contributed by atoms with Crippen LogP contribution in [0.3, 0.4) is 0 Å². The maximum Gasteiger partial charge on any atom is 0.322 e. The van der Waals surface area contributed by atoms with E-state index in [1.807, 2.05) is 17.0 Å². The van der Waals surface area contributed by atoms with Crippen LogP contribution >= 0.6 is 0 Å². The van der Waals surface area contributed by atoms with E-state index in [1.165, 1.54) is 0 Å². The van der Waals surface area contributed by atoms with Gasteiger partial charge in [-0.05, 0) is 44.0 Å². The number of aromatic nitrogens is 1. The van der Waals surface area contributed by atoms with E-state index in [9.17, 15) is 4.79 Å². The number of carbonyl (C=O) groups is 1. The highest BCUT2D eigenvalue weighted by molar-refractivity contribution is 5.91. The zero-order valence-corrected chi connectivity index (χ0v) is 10.4. The molecular formula is C13H18N4O. The van der Waals surface area contributed by atoms with Crippen molar-refractivity contribution in [1.29, 1.82) is 0 Å². The highest BCUT2D eigenvalue weighted by Crippen LogP contribution is 2.23. The highest BCUT2D eigenvalue weighted by Gasteiger charge is 2.26. The summed E-state index contributed by atoms with van der Waals surface area (Å²) in [4.78, 5) is 18.2. The summed E-state index contributed by atoms with van der Waals surface area (Å²) in [5.74, 6) is 0.613. The average Bonchev–Trinajstić information content (AvgIpc) is 2.41. The van der Waals surface area contributed by atoms with Gasteiger partial charge in [0, 0.05) is 12.7 Å². The minimum atomic E-state index is 0.00836. The number of pyridine rings is 1. The van der Waals surface area contributed by atoms with Gasteiger partial charge in [0.2, 0.25) is 0 Å². The van der Waals surface area contributed by atoms with Crippen LogP contribution in [0.1, 0.15) is 18.5 Å². The molecule has 0 saturated carbocycles. The number of piperidine rings is 1. The minimum Gasteiger partial charge on any atom is -0.318 e. The van der Waals surface area contributed by atoms with Gasteiger partial charge in [-0.15, -0.1) is 0 Å². The van der Waals surface area contributed by atoms with Crippen LogP contribution in [0.2, 0.25) is 0 Å². The zero-order chi connectivity index (χ0) is 12.4. The third-order valence-corrected chi connectivity index (χ3v) is 3.70. The molecule has 0 spiro atoms. The van der Waals surface area contributed by atoms with Gasteiger partial charge in [-0.25, -0.2) is 4.79 Å². The molecular weight excluding hydrogens is 228 g/mol. The molecule has 18 heavy (non-hydrogen) atoms. The minimum absolute atomic E-state index is 0.00836. The lowest BCUT2D eigenvalue weighted by Crippen LogP contribution is -2.43. The summed E-state index contributed by atoms with van der Waals surface area (Å²) in [6, 6.07) is 3.76. The lowest BCUT2D eigenvalue weighted by Gasteiger charge is -2.33. The first-order valence-corrected chi connectivity index (χ1v) is 6.53. The summed E-state index contributed by atoms with van der Waals surface area (Å²) in [5, 5.41) is 6.26. The van der Waals surface area contributed by atoms with Gasteiger partial charge < -0.3 is 15.5 Å². The molecule has 3 heterocycles. The lowest BCUT2D eigenvalue weighted by molar-refractivity contribution is 0.185. The second kappa shape index (κ2) is 4.94. The van der Waals surface area contributed by atoms with Crippen LogP contribution in [0, 0.1) is 5.92 Å². The van der Waals surface area contributed by atoms with Crippen molar-refractivity contribution in [3.8, 4) is 0 Å². The van der Waals surface area contributed by atoms with Crippen molar-refractivity contribution in [2.75, 3.05) is 25.0 Å². The molecule has 1 aromatic rings. The molecule has 1 aromatic heterocycles. The monoisotopic (exact) mass is 246 g/mol. The molecule has 2 N–H and O–H groups in total. The first-order chi connectivity index (χ1) is 8.83. The fraction of sp³-hybridized carbons (Fsp3) is 0.538. The molecule has 0 aliphatic carbocycles. The predicted octanol–water partition coefficient (Wildman–Crippen LogP) is 1.43. The standard InChI is InChI=1S/C13H18N4O/c18-13-16-11-2-1-5-15-12(11)9-17(13)8-10-3-6-14-7-4-10/h1-2,5,10,14H,3-4,6-9H2,(H,16,18). The van der Waals surface area contributed by atoms with Crippen LogP contribution in [0.5, 0.6) is 0 Å². The van der Waals surface area contributed by atoms with Crippen molar-refractivity contribution in [3.05, 3.63) is 24.0 Å². The summed E-state index contributed by atoms with van der Waals surface area (Å²) in [6.07, 6.45) is 4.08. The molecule has 1 fully saturated rings. The number of anilines is 1. The van der Waals surface area contributed by atoms with Crippen molar-refractivity contribution in [1.82, 2.24) is 15.2 Å². The van der Waals surface area contributed by atoms with E-state index in [0.717, 1.165) is 43.9 Å². The molecule has 2 amide bonds. The second-order valence-electron chi connectivity index (χ2n) is 5.00. The van der Waals surface area contributed by atoms with E-state index >= 15 is 0 Å². The van der Waals surface area contributed by atoms with E-state index in [0.29, 0.717) is 12.5 Å². The number of nitrogens with one attached hydrogen (secondary N) is 2. The molecule has 0 atom stereocenters. The smallest absolute Gasteiger partial charge is 0.318 e. The maximum atomic E-state index is 12.0. The van der Waals surface area contributed by atoms with Crippen LogP contribution in [-0.4, -0.2) is 35.5 Å². The summed E-state index contributed by atoms with van der Waals surface area (Å²) < 4.78 is 0. The number of hydrogen-bond acceptors (Lipinski definition) is 3. The van der Waals surface area contributed by atoms with E-state index < -0.39 is 0 Å². The van der Waals surface area contributed by atoms with Gasteiger partial charge in [-0.3, -0.25) is 4.98 Å². The molecule has 5 heteroatoms. The maximum absolute atomic E-state index is 12.0. The van der Waals surface area contributed by atoms with Gasteiger partial charge in [0.05, 0.1) is 17.9 Å². The van der Waals surface area contributed by atoms with Gasteiger partial charge in [-0.2, -0.15) is 0 Å². The van der Waals surface area contributed by atoms with Gasteiger partial charge in [-0.1, -0.05) is 0 Å². The Morgan fingerprint density at radius 1 is 1.39 bits per heavy atom. The molecule has 2 aliphatic rings. The molecule has 3 rings (SSSR count). The number of hydrogen-bond donors (Lipinski definition) is 2. The third-order valence-electron chi connectivity index (χ3n) is 3.70. The number of fused-ring (bicyclic) bond motifs is 1.